The Morgan fingerprint density at radius 1 is 1.35 bits per heavy atom. The van der Waals surface area contributed by atoms with Crippen molar-refractivity contribution in [1.82, 2.24) is 14.7 Å². The van der Waals surface area contributed by atoms with Crippen LogP contribution in [0.15, 0.2) is 36.7 Å². The van der Waals surface area contributed by atoms with Gasteiger partial charge in [0.25, 0.3) is 0 Å². The number of rotatable bonds is 4. The lowest BCUT2D eigenvalue weighted by atomic mass is 10.0. The van der Waals surface area contributed by atoms with Crippen molar-refractivity contribution in [3.05, 3.63) is 47.8 Å². The summed E-state index contributed by atoms with van der Waals surface area (Å²) in [6.07, 6.45) is 7.19. The summed E-state index contributed by atoms with van der Waals surface area (Å²) in [6.45, 7) is 3.76. The summed E-state index contributed by atoms with van der Waals surface area (Å²) in [5, 5.41) is 7.34. The van der Waals surface area contributed by atoms with Gasteiger partial charge in [0.05, 0.1) is 17.9 Å². The van der Waals surface area contributed by atoms with E-state index in [0.29, 0.717) is 6.54 Å². The van der Waals surface area contributed by atoms with Crippen molar-refractivity contribution in [2.75, 3.05) is 5.32 Å². The molecule has 1 aliphatic heterocycles. The molecule has 0 bridgehead atoms. The lowest BCUT2D eigenvalue weighted by Gasteiger charge is -2.24. The van der Waals surface area contributed by atoms with Crippen molar-refractivity contribution in [1.29, 1.82) is 0 Å². The smallest absolute Gasteiger partial charge is 0.313 e. The molecule has 23 heavy (non-hydrogen) atoms. The van der Waals surface area contributed by atoms with E-state index in [1.165, 1.54) is 24.0 Å². The van der Waals surface area contributed by atoms with Gasteiger partial charge in [-0.1, -0.05) is 31.2 Å². The molecule has 1 unspecified atom stereocenters. The van der Waals surface area contributed by atoms with Gasteiger partial charge in [-0.15, -0.1) is 0 Å². The minimum Gasteiger partial charge on any atom is -0.313 e. The maximum atomic E-state index is 12.7. The average Bonchev–Trinajstić information content (AvgIpc) is 3.12. The van der Waals surface area contributed by atoms with Gasteiger partial charge in [-0.25, -0.2) is 4.79 Å². The maximum Gasteiger partial charge on any atom is 0.322 e. The van der Waals surface area contributed by atoms with Gasteiger partial charge < -0.3 is 10.2 Å². The van der Waals surface area contributed by atoms with Crippen LogP contribution in [0.5, 0.6) is 0 Å². The molecule has 5 heteroatoms. The zero-order chi connectivity index (χ0) is 15.8. The molecule has 4 rings (SSSR count). The van der Waals surface area contributed by atoms with E-state index in [4.69, 9.17) is 0 Å². The predicted octanol–water partition coefficient (Wildman–Crippen LogP) is 3.79. The zero-order valence-electron chi connectivity index (χ0n) is 13.4. The normalized spacial score (nSPS) is 19.7. The molecule has 1 N–H and O–H groups in total. The fourth-order valence-corrected chi connectivity index (χ4v) is 3.41. The highest BCUT2D eigenvalue weighted by molar-refractivity contribution is 5.89. The van der Waals surface area contributed by atoms with Crippen LogP contribution in [0, 0.1) is 5.92 Å². The Balaban J connectivity index is 1.45. The number of aromatic nitrogens is 2. The molecule has 1 fully saturated rings. The van der Waals surface area contributed by atoms with Gasteiger partial charge in [0.1, 0.15) is 0 Å². The van der Waals surface area contributed by atoms with E-state index in [1.54, 1.807) is 6.20 Å². The van der Waals surface area contributed by atoms with Gasteiger partial charge in [0.15, 0.2) is 0 Å². The maximum absolute atomic E-state index is 12.7. The van der Waals surface area contributed by atoms with Gasteiger partial charge in [-0.2, -0.15) is 5.10 Å². The fraction of sp³-hybridized carbons (Fsp3) is 0.444. The first kappa shape index (κ1) is 14.3. The first-order chi connectivity index (χ1) is 11.2. The van der Waals surface area contributed by atoms with Crippen molar-refractivity contribution in [3.63, 3.8) is 0 Å². The molecule has 0 spiro atoms. The molecule has 1 aliphatic carbocycles. The van der Waals surface area contributed by atoms with Crippen LogP contribution in [0.4, 0.5) is 10.5 Å². The number of benzene rings is 1. The highest BCUT2D eigenvalue weighted by Crippen LogP contribution is 2.36. The molecule has 1 aromatic carbocycles. The highest BCUT2D eigenvalue weighted by atomic mass is 16.2. The largest absolute Gasteiger partial charge is 0.322 e. The summed E-state index contributed by atoms with van der Waals surface area (Å²) in [5.74, 6) is 0.774. The molecule has 2 aliphatic rings. The Morgan fingerprint density at radius 3 is 2.96 bits per heavy atom. The molecule has 5 nitrogen and oxygen atoms in total. The molecule has 1 atom stereocenters. The van der Waals surface area contributed by atoms with Crippen LogP contribution in [0.3, 0.4) is 0 Å². The molecule has 2 amide bonds. The number of nitrogens with zero attached hydrogens (tertiary/aromatic N) is 3. The Bertz CT molecular complexity index is 719. The van der Waals surface area contributed by atoms with Gasteiger partial charge in [0.2, 0.25) is 0 Å². The molecule has 120 valence electrons. The molecule has 2 aromatic rings. The number of urea groups is 1. The molecular weight excluding hydrogens is 288 g/mol. The minimum absolute atomic E-state index is 0.0426. The zero-order valence-corrected chi connectivity index (χ0v) is 13.4. The van der Waals surface area contributed by atoms with Gasteiger partial charge in [-0.3, -0.25) is 4.68 Å². The number of hydrogen-bond acceptors (Lipinski definition) is 2. The summed E-state index contributed by atoms with van der Waals surface area (Å²) in [6, 6.07) is 8.44. The summed E-state index contributed by atoms with van der Waals surface area (Å²) in [7, 11) is 0. The van der Waals surface area contributed by atoms with Crippen LogP contribution in [0.25, 0.3) is 0 Å². The van der Waals surface area contributed by atoms with Crippen LogP contribution in [-0.2, 0) is 13.1 Å². The van der Waals surface area contributed by atoms with E-state index < -0.39 is 0 Å². The van der Waals surface area contributed by atoms with Crippen molar-refractivity contribution in [2.45, 2.75) is 45.3 Å². The Labute approximate surface area is 136 Å². The third-order valence-corrected chi connectivity index (χ3v) is 4.81. The number of amides is 2. The Hall–Kier alpha value is -2.30. The SMILES string of the molecule is CCC1c2ccccc2CN1C(=O)Nc1cnn(CC2CC2)c1. The lowest BCUT2D eigenvalue weighted by molar-refractivity contribution is 0.192. The third kappa shape index (κ3) is 2.83. The first-order valence-electron chi connectivity index (χ1n) is 8.42. The second-order valence-corrected chi connectivity index (χ2v) is 6.58. The van der Waals surface area contributed by atoms with E-state index in [-0.39, 0.29) is 12.1 Å². The highest BCUT2D eigenvalue weighted by Gasteiger charge is 2.32. The van der Waals surface area contributed by atoms with Gasteiger partial charge in [0, 0.05) is 19.3 Å². The summed E-state index contributed by atoms with van der Waals surface area (Å²) in [5.41, 5.74) is 3.30. The van der Waals surface area contributed by atoms with E-state index in [9.17, 15) is 4.79 Å². The van der Waals surface area contributed by atoms with Crippen molar-refractivity contribution >= 4 is 11.7 Å². The Kier molecular flexibility index (Phi) is 3.56. The van der Waals surface area contributed by atoms with Crippen molar-refractivity contribution in [3.8, 4) is 0 Å². The predicted molar refractivity (Wildman–Crippen MR) is 89.0 cm³/mol. The van der Waals surface area contributed by atoms with E-state index >= 15 is 0 Å². The molecular formula is C18H22N4O. The molecule has 2 heterocycles. The van der Waals surface area contributed by atoms with E-state index in [1.807, 2.05) is 27.9 Å². The van der Waals surface area contributed by atoms with Crippen LogP contribution in [0.2, 0.25) is 0 Å². The first-order valence-corrected chi connectivity index (χ1v) is 8.42. The fourth-order valence-electron chi connectivity index (χ4n) is 3.41. The number of carbonyl (C=O) groups excluding carboxylic acids is 1. The topological polar surface area (TPSA) is 50.2 Å². The van der Waals surface area contributed by atoms with Gasteiger partial charge in [-0.05, 0) is 36.3 Å². The summed E-state index contributed by atoms with van der Waals surface area (Å²) in [4.78, 5) is 14.6. The van der Waals surface area contributed by atoms with Crippen LogP contribution in [0.1, 0.15) is 43.4 Å². The second kappa shape index (κ2) is 5.72. The number of hydrogen-bond donors (Lipinski definition) is 1. The van der Waals surface area contributed by atoms with Gasteiger partial charge >= 0.3 is 6.03 Å². The molecule has 1 aromatic heterocycles. The van der Waals surface area contributed by atoms with Crippen molar-refractivity contribution in [2.24, 2.45) is 5.92 Å². The van der Waals surface area contributed by atoms with E-state index in [0.717, 1.165) is 24.6 Å². The van der Waals surface area contributed by atoms with Crippen LogP contribution in [-0.4, -0.2) is 20.7 Å². The number of fused-ring (bicyclic) bond motifs is 1. The average molecular weight is 310 g/mol. The summed E-state index contributed by atoms with van der Waals surface area (Å²) < 4.78 is 1.93. The van der Waals surface area contributed by atoms with E-state index in [2.05, 4.69) is 29.5 Å². The third-order valence-electron chi connectivity index (χ3n) is 4.81. The summed E-state index contributed by atoms with van der Waals surface area (Å²) >= 11 is 0. The number of anilines is 1. The monoisotopic (exact) mass is 310 g/mol. The number of carbonyl (C=O) groups is 1. The Morgan fingerprint density at radius 2 is 2.17 bits per heavy atom. The van der Waals surface area contributed by atoms with Crippen molar-refractivity contribution < 1.29 is 4.79 Å². The number of nitrogens with one attached hydrogen (secondary N) is 1. The standard InChI is InChI=1S/C18H22N4O/c1-2-17-16-6-4-3-5-14(16)11-22(17)18(23)20-15-9-19-21(12-15)10-13-7-8-13/h3-6,9,12-13,17H,2,7-8,10-11H2,1H3,(H,20,23). The van der Waals surface area contributed by atoms with Crippen LogP contribution < -0.4 is 5.32 Å². The molecule has 1 saturated carbocycles. The molecule has 0 saturated heterocycles. The van der Waals surface area contributed by atoms with Crippen LogP contribution >= 0.6 is 0 Å². The quantitative estimate of drug-likeness (QED) is 0.934. The lowest BCUT2D eigenvalue weighted by Crippen LogP contribution is -2.33. The molecule has 0 radical (unpaired) electrons. The second-order valence-electron chi connectivity index (χ2n) is 6.58. The minimum atomic E-state index is -0.0426.